The number of H-pyrrole nitrogens is 1. The van der Waals surface area contributed by atoms with Crippen LogP contribution >= 0.6 is 0 Å². The summed E-state index contributed by atoms with van der Waals surface area (Å²) in [7, 11) is 0. The molecular weight excluding hydrogens is 404 g/mol. The third-order valence-corrected chi connectivity index (χ3v) is 6.80. The van der Waals surface area contributed by atoms with Crippen molar-refractivity contribution in [2.45, 2.75) is 37.6 Å². The smallest absolute Gasteiger partial charge is 0.246 e. The Morgan fingerprint density at radius 3 is 2.72 bits per heavy atom. The van der Waals surface area contributed by atoms with Crippen molar-refractivity contribution in [2.24, 2.45) is 5.92 Å². The molecule has 2 aromatic heterocycles. The molecule has 0 spiro atoms. The number of nitrogens with one attached hydrogen (secondary N) is 1. The summed E-state index contributed by atoms with van der Waals surface area (Å²) in [5.41, 5.74) is 3.14. The Balaban J connectivity index is 0.000000383. The first-order chi connectivity index (χ1) is 15.7. The highest BCUT2D eigenvalue weighted by Gasteiger charge is 2.50. The van der Waals surface area contributed by atoms with Crippen LogP contribution in [0.4, 0.5) is 0 Å². The Morgan fingerprint density at radius 1 is 1.19 bits per heavy atom. The van der Waals surface area contributed by atoms with Crippen molar-refractivity contribution in [3.05, 3.63) is 54.7 Å². The number of carbonyl (C=O) groups excluding carboxylic acids is 1. The van der Waals surface area contributed by atoms with Gasteiger partial charge in [0.2, 0.25) is 5.91 Å². The normalized spacial score (nSPS) is 23.9. The predicted molar refractivity (Wildman–Crippen MR) is 122 cm³/mol. The molecule has 7 nitrogen and oxygen atoms in total. The second-order valence-electron chi connectivity index (χ2n) is 8.72. The lowest BCUT2D eigenvalue weighted by Gasteiger charge is -2.46. The van der Waals surface area contributed by atoms with Crippen LogP contribution in [0.15, 0.2) is 49.1 Å². The van der Waals surface area contributed by atoms with E-state index in [1.54, 1.807) is 12.1 Å². The number of para-hydroxylation sites is 1. The van der Waals surface area contributed by atoms with Crippen molar-refractivity contribution in [1.82, 2.24) is 20.1 Å². The van der Waals surface area contributed by atoms with Gasteiger partial charge in [0.1, 0.15) is 5.75 Å². The van der Waals surface area contributed by atoms with E-state index in [1.165, 1.54) is 18.9 Å². The van der Waals surface area contributed by atoms with Crippen molar-refractivity contribution in [3.8, 4) is 17.0 Å². The lowest BCUT2D eigenvalue weighted by atomic mass is 9.85. The highest BCUT2D eigenvalue weighted by Crippen LogP contribution is 2.48. The third kappa shape index (κ3) is 3.77. The van der Waals surface area contributed by atoms with Gasteiger partial charge in [0.15, 0.2) is 5.65 Å². The lowest BCUT2D eigenvalue weighted by molar-refractivity contribution is -0.137. The second kappa shape index (κ2) is 8.74. The number of fused-ring (bicyclic) bond motifs is 2. The largest absolute Gasteiger partial charge is 0.507 e. The standard InChI is InChI=1S/C21H20N4O2.C4H8O/c1-2-19(27)25-11-12-7-8-15(20(12)25)16-9-13-10-17(23-24-21(13)22-16)14-5-3-4-6-18(14)26;1-2-4-5-3-1/h2-6,9-10,12,15,20,26H,1,7-8,11H2,(H,22,24);1-4H2. The molecule has 6 rings (SSSR count). The fraction of sp³-hybridized carbons (Fsp3) is 0.400. The van der Waals surface area contributed by atoms with E-state index in [0.717, 1.165) is 49.3 Å². The van der Waals surface area contributed by atoms with Crippen molar-refractivity contribution >= 4 is 16.9 Å². The van der Waals surface area contributed by atoms with Crippen molar-refractivity contribution in [1.29, 1.82) is 0 Å². The molecular formula is C25H28N4O3. The van der Waals surface area contributed by atoms with Gasteiger partial charge in [-0.05, 0) is 61.9 Å². The zero-order chi connectivity index (χ0) is 22.1. The molecule has 32 heavy (non-hydrogen) atoms. The zero-order valence-corrected chi connectivity index (χ0v) is 18.0. The van der Waals surface area contributed by atoms with Gasteiger partial charge in [-0.2, -0.15) is 0 Å². The molecule has 2 N–H and O–H groups in total. The molecule has 1 aromatic carbocycles. The van der Waals surface area contributed by atoms with Crippen molar-refractivity contribution in [3.63, 3.8) is 0 Å². The van der Waals surface area contributed by atoms with E-state index in [2.05, 4.69) is 27.8 Å². The summed E-state index contributed by atoms with van der Waals surface area (Å²) in [4.78, 5) is 17.4. The molecule has 3 fully saturated rings. The number of aromatic amines is 1. The minimum atomic E-state index is 0.0147. The first-order valence-electron chi connectivity index (χ1n) is 11.3. The summed E-state index contributed by atoms with van der Waals surface area (Å²) in [5, 5.41) is 19.6. The van der Waals surface area contributed by atoms with Crippen LogP contribution in [-0.4, -0.2) is 56.9 Å². The molecule has 2 saturated heterocycles. The van der Waals surface area contributed by atoms with Gasteiger partial charge in [-0.3, -0.25) is 4.79 Å². The molecule has 2 aliphatic heterocycles. The minimum absolute atomic E-state index is 0.0147. The van der Waals surface area contributed by atoms with Crippen LogP contribution in [0.5, 0.6) is 5.75 Å². The van der Waals surface area contributed by atoms with E-state index in [0.29, 0.717) is 17.2 Å². The predicted octanol–water partition coefficient (Wildman–Crippen LogP) is 4.02. The Bertz CT molecular complexity index is 1130. The van der Waals surface area contributed by atoms with Crippen LogP contribution in [0.2, 0.25) is 0 Å². The number of carbonyl (C=O) groups is 1. The van der Waals surface area contributed by atoms with Crippen molar-refractivity contribution in [2.75, 3.05) is 19.8 Å². The van der Waals surface area contributed by atoms with Gasteiger partial charge in [-0.15, -0.1) is 10.2 Å². The number of aromatic nitrogens is 3. The first kappa shape index (κ1) is 20.7. The van der Waals surface area contributed by atoms with Crippen LogP contribution in [0.25, 0.3) is 22.3 Å². The maximum Gasteiger partial charge on any atom is 0.246 e. The molecule has 3 aromatic rings. The number of benzene rings is 1. The molecule has 4 heterocycles. The summed E-state index contributed by atoms with van der Waals surface area (Å²) in [6.07, 6.45) is 6.16. The number of phenolic OH excluding ortho intramolecular Hbond substituents is 1. The molecule has 1 amide bonds. The quantitative estimate of drug-likeness (QED) is 0.610. The van der Waals surface area contributed by atoms with Gasteiger partial charge in [-0.25, -0.2) is 0 Å². The number of hydrogen-bond acceptors (Lipinski definition) is 5. The maximum atomic E-state index is 12.1. The Morgan fingerprint density at radius 2 is 2.00 bits per heavy atom. The zero-order valence-electron chi connectivity index (χ0n) is 18.0. The fourth-order valence-corrected chi connectivity index (χ4v) is 5.15. The summed E-state index contributed by atoms with van der Waals surface area (Å²) >= 11 is 0. The monoisotopic (exact) mass is 432 g/mol. The molecule has 1 aliphatic carbocycles. The molecule has 0 bridgehead atoms. The highest BCUT2D eigenvalue weighted by molar-refractivity contribution is 5.88. The van der Waals surface area contributed by atoms with Gasteiger partial charge < -0.3 is 19.7 Å². The molecule has 3 aliphatic rings. The minimum Gasteiger partial charge on any atom is -0.507 e. The van der Waals surface area contributed by atoms with Gasteiger partial charge in [0.05, 0.1) is 5.69 Å². The summed E-state index contributed by atoms with van der Waals surface area (Å²) in [6, 6.07) is 11.4. The molecule has 166 valence electrons. The number of rotatable bonds is 3. The van der Waals surface area contributed by atoms with Crippen LogP contribution in [0.3, 0.4) is 0 Å². The fourth-order valence-electron chi connectivity index (χ4n) is 5.15. The van der Waals surface area contributed by atoms with Crippen molar-refractivity contribution < 1.29 is 14.6 Å². The summed E-state index contributed by atoms with van der Waals surface area (Å²) < 4.78 is 4.94. The number of likely N-dealkylation sites (tertiary alicyclic amines) is 1. The average molecular weight is 433 g/mol. The van der Waals surface area contributed by atoms with Crippen LogP contribution in [0.1, 0.15) is 37.3 Å². The second-order valence-corrected chi connectivity index (χ2v) is 8.72. The van der Waals surface area contributed by atoms with Crippen LogP contribution in [0, 0.1) is 5.92 Å². The van der Waals surface area contributed by atoms with E-state index in [9.17, 15) is 9.90 Å². The SMILES string of the molecule is C1CCOC1.C=CC(=O)N1CC2CCC(c3cc4cc(-c5ccccc5O)nnc4[nH]3)C21. The number of amides is 1. The molecule has 3 unspecified atom stereocenters. The highest BCUT2D eigenvalue weighted by atomic mass is 16.5. The van der Waals surface area contributed by atoms with Gasteiger partial charge in [-0.1, -0.05) is 18.7 Å². The van der Waals surface area contributed by atoms with E-state index in [4.69, 9.17) is 4.74 Å². The van der Waals surface area contributed by atoms with Gasteiger partial charge in [0.25, 0.3) is 0 Å². The van der Waals surface area contributed by atoms with E-state index < -0.39 is 0 Å². The lowest BCUT2D eigenvalue weighted by Crippen LogP contribution is -2.57. The number of aromatic hydroxyl groups is 1. The molecule has 7 heteroatoms. The summed E-state index contributed by atoms with van der Waals surface area (Å²) in [6.45, 7) is 6.45. The Kier molecular flexibility index (Phi) is 5.66. The van der Waals surface area contributed by atoms with Crippen LogP contribution in [-0.2, 0) is 9.53 Å². The first-order valence-corrected chi connectivity index (χ1v) is 11.3. The van der Waals surface area contributed by atoms with Crippen LogP contribution < -0.4 is 0 Å². The number of phenols is 1. The van der Waals surface area contributed by atoms with E-state index >= 15 is 0 Å². The Labute approximate surface area is 187 Å². The molecule has 0 radical (unpaired) electrons. The molecule has 3 atom stereocenters. The summed E-state index contributed by atoms with van der Waals surface area (Å²) in [5.74, 6) is 1.07. The number of nitrogens with zero attached hydrogens (tertiary/aromatic N) is 3. The van der Waals surface area contributed by atoms with Gasteiger partial charge >= 0.3 is 0 Å². The Hall–Kier alpha value is -3.19. The maximum absolute atomic E-state index is 12.1. The average Bonchev–Trinajstić information content (AvgIpc) is 3.55. The number of hydrogen-bond donors (Lipinski definition) is 2. The van der Waals surface area contributed by atoms with Gasteiger partial charge in [0, 0.05) is 48.4 Å². The molecule has 1 saturated carbocycles. The number of ether oxygens (including phenoxy) is 1. The van der Waals surface area contributed by atoms with E-state index in [1.807, 2.05) is 23.1 Å². The van der Waals surface area contributed by atoms with E-state index in [-0.39, 0.29) is 23.6 Å². The third-order valence-electron chi connectivity index (χ3n) is 6.80. The topological polar surface area (TPSA) is 91.3 Å².